The Morgan fingerprint density at radius 1 is 0.938 bits per heavy atom. The topological polar surface area (TPSA) is 92.7 Å². The Bertz CT molecular complexity index is 1160. The number of hydrogen-bond acceptors (Lipinski definition) is 5. The van der Waals surface area contributed by atoms with Crippen molar-refractivity contribution in [1.29, 1.82) is 0 Å². The van der Waals surface area contributed by atoms with Crippen LogP contribution in [0.3, 0.4) is 0 Å². The molecule has 0 aliphatic carbocycles. The second-order valence-corrected chi connectivity index (χ2v) is 9.68. The van der Waals surface area contributed by atoms with Crippen molar-refractivity contribution in [2.75, 3.05) is 0 Å². The first-order chi connectivity index (χ1) is 15.1. The molecule has 2 atom stereocenters. The lowest BCUT2D eigenvalue weighted by atomic mass is 9.90. The molecule has 0 saturated heterocycles. The number of carbonyl (C=O) groups excluding carboxylic acids is 1. The zero-order valence-electron chi connectivity index (χ0n) is 18.3. The van der Waals surface area contributed by atoms with Crippen molar-refractivity contribution < 1.29 is 23.1 Å². The van der Waals surface area contributed by atoms with E-state index in [9.17, 15) is 18.3 Å². The van der Waals surface area contributed by atoms with Crippen LogP contribution < -0.4 is 4.72 Å². The Kier molecular flexibility index (Phi) is 7.13. The van der Waals surface area contributed by atoms with Crippen LogP contribution in [-0.4, -0.2) is 25.0 Å². The fourth-order valence-electron chi connectivity index (χ4n) is 3.22. The number of aliphatic hydroxyl groups is 1. The highest BCUT2D eigenvalue weighted by Crippen LogP contribution is 2.30. The minimum Gasteiger partial charge on any atom is -0.459 e. The molecular formula is C25H27NO5S. The highest BCUT2D eigenvalue weighted by molar-refractivity contribution is 7.89. The van der Waals surface area contributed by atoms with Crippen LogP contribution in [0.4, 0.5) is 0 Å². The van der Waals surface area contributed by atoms with Crippen LogP contribution in [-0.2, 0) is 26.2 Å². The molecule has 3 aromatic rings. The van der Waals surface area contributed by atoms with Crippen molar-refractivity contribution in [3.8, 4) is 0 Å². The maximum absolute atomic E-state index is 13.2. The van der Waals surface area contributed by atoms with E-state index in [0.29, 0.717) is 5.56 Å². The molecule has 32 heavy (non-hydrogen) atoms. The lowest BCUT2D eigenvalue weighted by Gasteiger charge is -2.33. The average Bonchev–Trinajstić information content (AvgIpc) is 2.78. The number of nitrogens with one attached hydrogen (secondary N) is 1. The molecule has 0 aliphatic rings. The molecule has 0 aliphatic heterocycles. The van der Waals surface area contributed by atoms with Gasteiger partial charge in [-0.25, -0.2) is 13.2 Å². The number of benzene rings is 3. The summed E-state index contributed by atoms with van der Waals surface area (Å²) in [5.41, 5.74) is 1.03. The lowest BCUT2D eigenvalue weighted by Crippen LogP contribution is -2.56. The van der Waals surface area contributed by atoms with Gasteiger partial charge in [-0.15, -0.1) is 0 Å². The van der Waals surface area contributed by atoms with E-state index in [0.717, 1.165) is 16.7 Å². The molecule has 168 valence electrons. The zero-order chi connectivity index (χ0) is 23.4. The number of hydrogen-bond donors (Lipinski definition) is 2. The minimum absolute atomic E-state index is 0.0127. The summed E-state index contributed by atoms with van der Waals surface area (Å²) in [5, 5.41) is 11.1. The summed E-state index contributed by atoms with van der Waals surface area (Å²) >= 11 is 0. The largest absolute Gasteiger partial charge is 0.459 e. The number of esters is 1. The number of aryl methyl sites for hydroxylation is 2. The molecule has 0 spiro atoms. The molecule has 6 nitrogen and oxygen atoms in total. The molecule has 0 fully saturated rings. The summed E-state index contributed by atoms with van der Waals surface area (Å²) in [4.78, 5) is 13.2. The molecule has 3 rings (SSSR count). The third kappa shape index (κ3) is 5.43. The highest BCUT2D eigenvalue weighted by atomic mass is 32.2. The normalized spacial score (nSPS) is 14.4. The summed E-state index contributed by atoms with van der Waals surface area (Å²) in [6, 6.07) is 22.1. The van der Waals surface area contributed by atoms with Crippen molar-refractivity contribution in [2.45, 2.75) is 43.9 Å². The maximum atomic E-state index is 13.2. The van der Waals surface area contributed by atoms with E-state index >= 15 is 0 Å². The van der Waals surface area contributed by atoms with Crippen molar-refractivity contribution in [3.05, 3.63) is 101 Å². The van der Waals surface area contributed by atoms with Gasteiger partial charge in [0.2, 0.25) is 10.0 Å². The van der Waals surface area contributed by atoms with Crippen LogP contribution in [0.15, 0.2) is 83.8 Å². The first kappa shape index (κ1) is 23.7. The van der Waals surface area contributed by atoms with Gasteiger partial charge >= 0.3 is 5.97 Å². The van der Waals surface area contributed by atoms with Crippen molar-refractivity contribution in [1.82, 2.24) is 4.72 Å². The second kappa shape index (κ2) is 9.65. The number of aliphatic hydroxyl groups excluding tert-OH is 1. The quantitative estimate of drug-likeness (QED) is 0.506. The molecule has 0 heterocycles. The van der Waals surface area contributed by atoms with Crippen LogP contribution in [0, 0.1) is 13.8 Å². The predicted octanol–water partition coefficient (Wildman–Crippen LogP) is 3.82. The third-order valence-corrected chi connectivity index (χ3v) is 6.84. The van der Waals surface area contributed by atoms with Crippen molar-refractivity contribution in [3.63, 3.8) is 0 Å². The van der Waals surface area contributed by atoms with E-state index in [1.165, 1.54) is 19.1 Å². The third-order valence-electron chi connectivity index (χ3n) is 5.25. The molecule has 3 aromatic carbocycles. The van der Waals surface area contributed by atoms with E-state index in [1.807, 2.05) is 32.0 Å². The molecule has 0 amide bonds. The van der Waals surface area contributed by atoms with Crippen LogP contribution in [0.25, 0.3) is 0 Å². The number of sulfonamides is 1. The van der Waals surface area contributed by atoms with Crippen LogP contribution in [0.5, 0.6) is 0 Å². The van der Waals surface area contributed by atoms with Crippen LogP contribution in [0.2, 0.25) is 0 Å². The van der Waals surface area contributed by atoms with Gasteiger partial charge in [-0.3, -0.25) is 0 Å². The number of ether oxygens (including phenoxy) is 1. The Labute approximate surface area is 188 Å². The highest BCUT2D eigenvalue weighted by Gasteiger charge is 2.46. The van der Waals surface area contributed by atoms with Crippen molar-refractivity contribution >= 4 is 16.0 Å². The van der Waals surface area contributed by atoms with Crippen LogP contribution in [0.1, 0.15) is 35.3 Å². The maximum Gasteiger partial charge on any atom is 0.330 e. The van der Waals surface area contributed by atoms with Gasteiger partial charge < -0.3 is 9.84 Å². The molecule has 0 unspecified atom stereocenters. The Morgan fingerprint density at radius 2 is 1.47 bits per heavy atom. The summed E-state index contributed by atoms with van der Waals surface area (Å²) in [6.07, 6.45) is -1.48. The van der Waals surface area contributed by atoms with Gasteiger partial charge in [0.15, 0.2) is 5.54 Å². The van der Waals surface area contributed by atoms with Gasteiger partial charge in [-0.2, -0.15) is 4.72 Å². The Hall–Kier alpha value is -3.00. The molecule has 0 radical (unpaired) electrons. The fourth-order valence-corrected chi connectivity index (χ4v) is 4.59. The summed E-state index contributed by atoms with van der Waals surface area (Å²) < 4.78 is 34.0. The van der Waals surface area contributed by atoms with Crippen molar-refractivity contribution in [2.24, 2.45) is 0 Å². The van der Waals surface area contributed by atoms with E-state index in [1.54, 1.807) is 48.5 Å². The van der Waals surface area contributed by atoms with Gasteiger partial charge in [0.25, 0.3) is 0 Å². The SMILES string of the molecule is Cc1ccc([C@H](O)[C@](C)(NS(=O)(=O)c2ccc(C)cc2)C(=O)OCc2ccccc2)cc1. The molecule has 2 N–H and O–H groups in total. The molecule has 0 aromatic heterocycles. The minimum atomic E-state index is -4.13. The standard InChI is InChI=1S/C25H27NO5S/c1-18-9-13-21(14-10-18)23(27)25(3,24(28)31-17-20-7-5-4-6-8-20)26-32(29,30)22-15-11-19(2)12-16-22/h4-16,23,26-27H,17H2,1-3H3/t23-,25-/m0/s1. The number of carbonyl (C=O) groups is 1. The van der Waals surface area contributed by atoms with E-state index in [4.69, 9.17) is 4.74 Å². The average molecular weight is 454 g/mol. The monoisotopic (exact) mass is 453 g/mol. The molecule has 7 heteroatoms. The first-order valence-corrected chi connectivity index (χ1v) is 11.7. The van der Waals surface area contributed by atoms with Gasteiger partial charge in [-0.05, 0) is 44.0 Å². The van der Waals surface area contributed by atoms with Gasteiger partial charge in [0.05, 0.1) is 4.90 Å². The summed E-state index contributed by atoms with van der Waals surface area (Å²) in [5.74, 6) is -0.884. The predicted molar refractivity (Wildman–Crippen MR) is 122 cm³/mol. The Balaban J connectivity index is 1.94. The van der Waals surface area contributed by atoms with Gasteiger partial charge in [0, 0.05) is 0 Å². The lowest BCUT2D eigenvalue weighted by molar-refractivity contribution is -0.156. The van der Waals surface area contributed by atoms with Crippen LogP contribution >= 0.6 is 0 Å². The Morgan fingerprint density at radius 3 is 2.03 bits per heavy atom. The van der Waals surface area contributed by atoms with Gasteiger partial charge in [-0.1, -0.05) is 77.9 Å². The van der Waals surface area contributed by atoms with E-state index in [-0.39, 0.29) is 11.5 Å². The second-order valence-electron chi connectivity index (χ2n) is 8.00. The molecular weight excluding hydrogens is 426 g/mol. The summed E-state index contributed by atoms with van der Waals surface area (Å²) in [7, 11) is -4.13. The molecule has 0 saturated carbocycles. The van der Waals surface area contributed by atoms with E-state index in [2.05, 4.69) is 4.72 Å². The number of rotatable bonds is 8. The summed E-state index contributed by atoms with van der Waals surface area (Å²) in [6.45, 7) is 5.01. The molecule has 0 bridgehead atoms. The van der Waals surface area contributed by atoms with Gasteiger partial charge in [0.1, 0.15) is 12.7 Å². The smallest absolute Gasteiger partial charge is 0.330 e. The fraction of sp³-hybridized carbons (Fsp3) is 0.240. The first-order valence-electron chi connectivity index (χ1n) is 10.2. The zero-order valence-corrected chi connectivity index (χ0v) is 19.1. The van der Waals surface area contributed by atoms with E-state index < -0.39 is 27.6 Å².